The lowest BCUT2D eigenvalue weighted by Gasteiger charge is -2.18. The molecule has 0 N–H and O–H groups in total. The van der Waals surface area contributed by atoms with E-state index in [0.717, 1.165) is 64.2 Å². The van der Waals surface area contributed by atoms with E-state index in [1.54, 1.807) is 0 Å². The first kappa shape index (κ1) is 77.1. The Morgan fingerprint density at radius 3 is 0.838 bits per heavy atom. The molecule has 0 heterocycles. The number of rotatable bonds is 65. The largest absolute Gasteiger partial charge is 0.462 e. The molecular weight excluding hydrogens is 985 g/mol. The highest BCUT2D eigenvalue weighted by molar-refractivity contribution is 5.71. The fourth-order valence-corrected chi connectivity index (χ4v) is 10.5. The van der Waals surface area contributed by atoms with Crippen molar-refractivity contribution in [3.05, 3.63) is 60.8 Å². The summed E-state index contributed by atoms with van der Waals surface area (Å²) in [7, 11) is 0. The smallest absolute Gasteiger partial charge is 0.306 e. The summed E-state index contributed by atoms with van der Waals surface area (Å²) >= 11 is 0. The first-order valence-electron chi connectivity index (χ1n) is 35.3. The van der Waals surface area contributed by atoms with Gasteiger partial charge in [-0.3, -0.25) is 14.4 Å². The van der Waals surface area contributed by atoms with Gasteiger partial charge in [-0.05, 0) is 70.6 Å². The molecule has 0 saturated carbocycles. The molecule has 0 aliphatic rings. The molecule has 80 heavy (non-hydrogen) atoms. The van der Waals surface area contributed by atoms with Gasteiger partial charge in [0.15, 0.2) is 6.10 Å². The first-order valence-corrected chi connectivity index (χ1v) is 35.3. The highest BCUT2D eigenvalue weighted by Gasteiger charge is 2.19. The molecule has 0 aliphatic carbocycles. The molecule has 0 rings (SSSR count). The predicted octanol–water partition coefficient (Wildman–Crippen LogP) is 24.3. The van der Waals surface area contributed by atoms with Crippen molar-refractivity contribution < 1.29 is 28.6 Å². The molecule has 6 nitrogen and oxygen atoms in total. The Hall–Kier alpha value is -2.89. The summed E-state index contributed by atoms with van der Waals surface area (Å²) in [4.78, 5) is 38.3. The van der Waals surface area contributed by atoms with Crippen molar-refractivity contribution in [1.82, 2.24) is 0 Å². The maximum atomic E-state index is 12.9. The van der Waals surface area contributed by atoms with E-state index in [2.05, 4.69) is 75.5 Å². The number of allylic oxidation sites excluding steroid dienone is 10. The maximum Gasteiger partial charge on any atom is 0.306 e. The Balaban J connectivity index is 4.25. The van der Waals surface area contributed by atoms with E-state index in [4.69, 9.17) is 14.2 Å². The van der Waals surface area contributed by atoms with Crippen LogP contribution in [0, 0.1) is 0 Å². The van der Waals surface area contributed by atoms with Crippen LogP contribution in [-0.2, 0) is 28.6 Å². The number of carbonyl (C=O) groups is 3. The maximum absolute atomic E-state index is 12.9. The lowest BCUT2D eigenvalue weighted by Crippen LogP contribution is -2.30. The van der Waals surface area contributed by atoms with Gasteiger partial charge in [0.2, 0.25) is 0 Å². The fourth-order valence-electron chi connectivity index (χ4n) is 10.5. The van der Waals surface area contributed by atoms with Crippen LogP contribution in [0.5, 0.6) is 0 Å². The SMILES string of the molecule is CC/C=C\C/C=C\C/C=C\C/C=C\CCC(=O)OCC(COC(=O)CCCCCCCCCCCCCCCCC/C=C\CCCCCCCCCC)OC(=O)CCCCCCCCCCCCCCCCCCCCCCCC. The van der Waals surface area contributed by atoms with Gasteiger partial charge in [0.25, 0.3) is 0 Å². The van der Waals surface area contributed by atoms with Crippen molar-refractivity contribution in [2.24, 2.45) is 0 Å². The third kappa shape index (κ3) is 65.9. The van der Waals surface area contributed by atoms with Gasteiger partial charge in [-0.1, -0.05) is 345 Å². The second-order valence-corrected chi connectivity index (χ2v) is 23.8. The minimum absolute atomic E-state index is 0.0919. The number of carbonyl (C=O) groups excluding carboxylic acids is 3. The molecule has 1 atom stereocenters. The molecule has 0 aromatic carbocycles. The zero-order valence-corrected chi connectivity index (χ0v) is 53.6. The minimum Gasteiger partial charge on any atom is -0.462 e. The normalized spacial score (nSPS) is 12.4. The highest BCUT2D eigenvalue weighted by atomic mass is 16.6. The van der Waals surface area contributed by atoms with Gasteiger partial charge in [-0.25, -0.2) is 0 Å². The Bertz CT molecular complexity index is 1430. The Morgan fingerprint density at radius 2 is 0.512 bits per heavy atom. The number of unbranched alkanes of at least 4 members (excludes halogenated alkanes) is 44. The van der Waals surface area contributed by atoms with Gasteiger partial charge in [-0.2, -0.15) is 0 Å². The van der Waals surface area contributed by atoms with E-state index < -0.39 is 6.10 Å². The Kier molecular flexibility index (Phi) is 66.1. The topological polar surface area (TPSA) is 78.9 Å². The van der Waals surface area contributed by atoms with Crippen LogP contribution >= 0.6 is 0 Å². The predicted molar refractivity (Wildman–Crippen MR) is 348 cm³/mol. The van der Waals surface area contributed by atoms with E-state index in [0.29, 0.717) is 19.3 Å². The summed E-state index contributed by atoms with van der Waals surface area (Å²) in [6.07, 6.45) is 88.5. The number of hydrogen-bond acceptors (Lipinski definition) is 6. The molecule has 0 aromatic heterocycles. The van der Waals surface area contributed by atoms with Crippen molar-refractivity contribution in [3.8, 4) is 0 Å². The molecule has 6 heteroatoms. The summed E-state index contributed by atoms with van der Waals surface area (Å²) in [6, 6.07) is 0. The zero-order valence-electron chi connectivity index (χ0n) is 53.6. The van der Waals surface area contributed by atoms with Crippen LogP contribution in [0.2, 0.25) is 0 Å². The van der Waals surface area contributed by atoms with E-state index in [1.807, 2.05) is 6.08 Å². The number of hydrogen-bond donors (Lipinski definition) is 0. The number of esters is 3. The van der Waals surface area contributed by atoms with E-state index in [-0.39, 0.29) is 37.5 Å². The highest BCUT2D eigenvalue weighted by Crippen LogP contribution is 2.18. The zero-order chi connectivity index (χ0) is 57.8. The van der Waals surface area contributed by atoms with Gasteiger partial charge < -0.3 is 14.2 Å². The average molecular weight is 1120 g/mol. The van der Waals surface area contributed by atoms with Crippen molar-refractivity contribution >= 4 is 17.9 Å². The molecule has 0 aliphatic heterocycles. The van der Waals surface area contributed by atoms with E-state index in [9.17, 15) is 14.4 Å². The third-order valence-corrected chi connectivity index (χ3v) is 15.8. The van der Waals surface area contributed by atoms with Crippen LogP contribution < -0.4 is 0 Å². The average Bonchev–Trinajstić information content (AvgIpc) is 3.46. The van der Waals surface area contributed by atoms with Crippen molar-refractivity contribution in [2.45, 2.75) is 380 Å². The van der Waals surface area contributed by atoms with Crippen LogP contribution in [0.15, 0.2) is 60.8 Å². The number of ether oxygens (including phenoxy) is 3. The lowest BCUT2D eigenvalue weighted by molar-refractivity contribution is -0.166. The molecule has 0 aromatic rings. The van der Waals surface area contributed by atoms with Gasteiger partial charge in [0.1, 0.15) is 13.2 Å². The molecular formula is C74H134O6. The Morgan fingerprint density at radius 1 is 0.263 bits per heavy atom. The van der Waals surface area contributed by atoms with Crippen molar-refractivity contribution in [3.63, 3.8) is 0 Å². The monoisotopic (exact) mass is 1120 g/mol. The molecule has 0 radical (unpaired) electrons. The van der Waals surface area contributed by atoms with Crippen molar-refractivity contribution in [1.29, 1.82) is 0 Å². The van der Waals surface area contributed by atoms with Crippen LogP contribution in [-0.4, -0.2) is 37.2 Å². The fraction of sp³-hybridized carbons (Fsp3) is 0.824. The summed E-state index contributed by atoms with van der Waals surface area (Å²) < 4.78 is 16.9. The van der Waals surface area contributed by atoms with E-state index in [1.165, 1.54) is 263 Å². The van der Waals surface area contributed by atoms with Gasteiger partial charge in [0, 0.05) is 19.3 Å². The van der Waals surface area contributed by atoms with Gasteiger partial charge in [0.05, 0.1) is 0 Å². The van der Waals surface area contributed by atoms with Crippen molar-refractivity contribution in [2.75, 3.05) is 13.2 Å². The third-order valence-electron chi connectivity index (χ3n) is 15.8. The second kappa shape index (κ2) is 68.6. The summed E-state index contributed by atoms with van der Waals surface area (Å²) in [5.41, 5.74) is 0. The molecule has 0 saturated heterocycles. The molecule has 0 amide bonds. The lowest BCUT2D eigenvalue weighted by atomic mass is 10.0. The standard InChI is InChI=1S/C74H134O6/c1-4-7-10-13-16-19-22-25-27-29-31-33-35-36-37-38-39-41-42-44-46-49-52-55-58-61-64-67-73(76)79-70-71(69-78-72(75)66-63-60-57-54-51-48-24-21-18-15-12-9-6-3)80-74(77)68-65-62-59-56-53-50-47-45-43-40-34-32-30-28-26-23-20-17-14-11-8-5-2/h9,12,18,21,29,31,48,51,57,60,71H,4-8,10-11,13-17,19-20,22-28,30,32-47,49-50,52-56,58-59,61-70H2,1-3H3/b12-9-,21-18-,31-29-,51-48-,60-57-. The summed E-state index contributed by atoms with van der Waals surface area (Å²) in [5.74, 6) is -0.953. The second-order valence-electron chi connectivity index (χ2n) is 23.8. The molecule has 1 unspecified atom stereocenters. The van der Waals surface area contributed by atoms with E-state index >= 15 is 0 Å². The first-order chi connectivity index (χ1) is 39.5. The minimum atomic E-state index is -0.802. The van der Waals surface area contributed by atoms with Crippen LogP contribution in [0.25, 0.3) is 0 Å². The molecule has 0 bridgehead atoms. The van der Waals surface area contributed by atoms with Crippen LogP contribution in [0.3, 0.4) is 0 Å². The van der Waals surface area contributed by atoms with Gasteiger partial charge >= 0.3 is 17.9 Å². The summed E-state index contributed by atoms with van der Waals surface area (Å²) in [5, 5.41) is 0. The molecule has 0 fully saturated rings. The Labute approximate surface area is 498 Å². The van der Waals surface area contributed by atoms with Crippen LogP contribution in [0.4, 0.5) is 0 Å². The molecule has 466 valence electrons. The van der Waals surface area contributed by atoms with Gasteiger partial charge in [-0.15, -0.1) is 0 Å². The van der Waals surface area contributed by atoms with Crippen LogP contribution in [0.1, 0.15) is 374 Å². The quantitative estimate of drug-likeness (QED) is 0.0261. The summed E-state index contributed by atoms with van der Waals surface area (Å²) in [6.45, 7) is 6.53. The molecule has 0 spiro atoms.